The fourth-order valence-corrected chi connectivity index (χ4v) is 3.93. The van der Waals surface area contributed by atoms with Gasteiger partial charge in [0, 0.05) is 29.4 Å². The molecule has 0 spiro atoms. The van der Waals surface area contributed by atoms with E-state index in [1.54, 1.807) is 12.4 Å². The minimum Gasteiger partial charge on any atom is -0.337 e. The SMILES string of the molecule is Cc1ccc(C(=O)N2CCCC[C@@H]2c2nc(-c3cccnc3)no2)s1. The molecule has 1 saturated heterocycles. The first-order chi connectivity index (χ1) is 12.2. The third kappa shape index (κ3) is 3.19. The minimum absolute atomic E-state index is 0.0453. The molecular formula is C18H18N4O2S. The summed E-state index contributed by atoms with van der Waals surface area (Å²) in [6, 6.07) is 7.43. The quantitative estimate of drug-likeness (QED) is 0.714. The maximum absolute atomic E-state index is 12.9. The van der Waals surface area contributed by atoms with Crippen LogP contribution in [0.5, 0.6) is 0 Å². The highest BCUT2D eigenvalue weighted by atomic mass is 32.1. The van der Waals surface area contributed by atoms with E-state index in [4.69, 9.17) is 4.52 Å². The molecule has 0 bridgehead atoms. The van der Waals surface area contributed by atoms with Crippen molar-refractivity contribution in [2.75, 3.05) is 6.54 Å². The van der Waals surface area contributed by atoms with Crippen LogP contribution in [0.15, 0.2) is 41.2 Å². The maximum atomic E-state index is 12.9. The molecule has 0 N–H and O–H groups in total. The number of carbonyl (C=O) groups is 1. The zero-order chi connectivity index (χ0) is 17.2. The predicted molar refractivity (Wildman–Crippen MR) is 94.2 cm³/mol. The number of nitrogens with zero attached hydrogens (tertiary/aromatic N) is 4. The number of likely N-dealkylation sites (tertiary alicyclic amines) is 1. The molecule has 1 aliphatic rings. The Morgan fingerprint density at radius 2 is 2.24 bits per heavy atom. The molecule has 1 fully saturated rings. The topological polar surface area (TPSA) is 72.1 Å². The molecule has 4 rings (SSSR count). The molecule has 1 aliphatic heterocycles. The van der Waals surface area contributed by atoms with Crippen LogP contribution in [0.1, 0.15) is 45.7 Å². The second-order valence-electron chi connectivity index (χ2n) is 6.12. The molecule has 6 nitrogen and oxygen atoms in total. The van der Waals surface area contributed by atoms with E-state index in [1.807, 2.05) is 36.1 Å². The lowest BCUT2D eigenvalue weighted by atomic mass is 10.0. The van der Waals surface area contributed by atoms with Crippen molar-refractivity contribution in [1.29, 1.82) is 0 Å². The number of carbonyl (C=O) groups excluding carboxylic acids is 1. The summed E-state index contributed by atoms with van der Waals surface area (Å²) in [4.78, 5) is 25.3. The number of hydrogen-bond acceptors (Lipinski definition) is 6. The molecule has 0 saturated carbocycles. The molecule has 3 aromatic rings. The monoisotopic (exact) mass is 354 g/mol. The van der Waals surface area contributed by atoms with Crippen molar-refractivity contribution >= 4 is 17.2 Å². The highest BCUT2D eigenvalue weighted by Crippen LogP contribution is 2.33. The zero-order valence-electron chi connectivity index (χ0n) is 13.9. The van der Waals surface area contributed by atoms with Crippen molar-refractivity contribution in [2.24, 2.45) is 0 Å². The van der Waals surface area contributed by atoms with Crippen molar-refractivity contribution in [3.05, 3.63) is 52.3 Å². The molecular weight excluding hydrogens is 336 g/mol. The van der Waals surface area contributed by atoms with Crippen LogP contribution in [0.25, 0.3) is 11.4 Å². The largest absolute Gasteiger partial charge is 0.337 e. The van der Waals surface area contributed by atoms with Crippen LogP contribution in [-0.2, 0) is 0 Å². The standard InChI is InChI=1S/C18H18N4O2S/c1-12-7-8-15(25-12)18(23)22-10-3-2-6-14(22)17-20-16(21-24-17)13-5-4-9-19-11-13/h4-5,7-9,11,14H,2-3,6,10H2,1H3/t14-/m1/s1. The van der Waals surface area contributed by atoms with Gasteiger partial charge in [0.2, 0.25) is 11.7 Å². The van der Waals surface area contributed by atoms with E-state index in [9.17, 15) is 4.79 Å². The molecule has 128 valence electrons. The lowest BCUT2D eigenvalue weighted by Crippen LogP contribution is -2.38. The number of rotatable bonds is 3. The summed E-state index contributed by atoms with van der Waals surface area (Å²) in [5, 5.41) is 4.07. The van der Waals surface area contributed by atoms with Crippen LogP contribution in [0, 0.1) is 6.92 Å². The third-order valence-corrected chi connectivity index (χ3v) is 5.35. The Labute approximate surface area is 149 Å². The number of aromatic nitrogens is 3. The van der Waals surface area contributed by atoms with Crippen LogP contribution >= 0.6 is 11.3 Å². The van der Waals surface area contributed by atoms with Crippen molar-refractivity contribution in [1.82, 2.24) is 20.0 Å². The predicted octanol–water partition coefficient (Wildman–Crippen LogP) is 3.87. The highest BCUT2D eigenvalue weighted by Gasteiger charge is 2.33. The van der Waals surface area contributed by atoms with Gasteiger partial charge in [-0.15, -0.1) is 11.3 Å². The van der Waals surface area contributed by atoms with Gasteiger partial charge in [0.1, 0.15) is 6.04 Å². The Bertz CT molecular complexity index is 874. The van der Waals surface area contributed by atoms with Crippen molar-refractivity contribution in [3.8, 4) is 11.4 Å². The van der Waals surface area contributed by atoms with Crippen molar-refractivity contribution in [3.63, 3.8) is 0 Å². The number of hydrogen-bond donors (Lipinski definition) is 0. The van der Waals surface area contributed by atoms with Gasteiger partial charge < -0.3 is 9.42 Å². The maximum Gasteiger partial charge on any atom is 0.264 e. The van der Waals surface area contributed by atoms with Crippen molar-refractivity contribution in [2.45, 2.75) is 32.2 Å². The van der Waals surface area contributed by atoms with E-state index in [0.717, 1.165) is 34.6 Å². The Kier molecular flexibility index (Phi) is 4.31. The average molecular weight is 354 g/mol. The van der Waals surface area contributed by atoms with Gasteiger partial charge >= 0.3 is 0 Å². The Morgan fingerprint density at radius 3 is 3.00 bits per heavy atom. The van der Waals surface area contributed by atoms with Crippen LogP contribution < -0.4 is 0 Å². The van der Waals surface area contributed by atoms with Gasteiger partial charge in [0.25, 0.3) is 5.91 Å². The van der Waals surface area contributed by atoms with Crippen LogP contribution in [0.3, 0.4) is 0 Å². The van der Waals surface area contributed by atoms with Gasteiger partial charge in [-0.1, -0.05) is 5.16 Å². The van der Waals surface area contributed by atoms with E-state index < -0.39 is 0 Å². The smallest absolute Gasteiger partial charge is 0.264 e. The van der Waals surface area contributed by atoms with E-state index >= 15 is 0 Å². The highest BCUT2D eigenvalue weighted by molar-refractivity contribution is 7.13. The van der Waals surface area contributed by atoms with Crippen LogP contribution in [0.2, 0.25) is 0 Å². The number of amides is 1. The first kappa shape index (κ1) is 16.0. The van der Waals surface area contributed by atoms with Gasteiger partial charge in [-0.3, -0.25) is 9.78 Å². The summed E-state index contributed by atoms with van der Waals surface area (Å²) in [5.41, 5.74) is 0.806. The minimum atomic E-state index is -0.165. The third-order valence-electron chi connectivity index (χ3n) is 4.36. The molecule has 0 radical (unpaired) electrons. The fraction of sp³-hybridized carbons (Fsp3) is 0.333. The number of thiophene rings is 1. The lowest BCUT2D eigenvalue weighted by Gasteiger charge is -2.33. The summed E-state index contributed by atoms with van der Waals surface area (Å²) in [6.07, 6.45) is 6.28. The van der Waals surface area contributed by atoms with Gasteiger partial charge in [-0.2, -0.15) is 4.98 Å². The molecule has 1 atom stereocenters. The lowest BCUT2D eigenvalue weighted by molar-refractivity contribution is 0.0566. The summed E-state index contributed by atoms with van der Waals surface area (Å²) < 4.78 is 5.50. The molecule has 25 heavy (non-hydrogen) atoms. The Hall–Kier alpha value is -2.54. The first-order valence-electron chi connectivity index (χ1n) is 8.34. The van der Waals surface area contributed by atoms with E-state index in [0.29, 0.717) is 18.3 Å². The summed E-state index contributed by atoms with van der Waals surface area (Å²) >= 11 is 1.52. The number of pyridine rings is 1. The van der Waals surface area contributed by atoms with E-state index in [2.05, 4.69) is 15.1 Å². The van der Waals surface area contributed by atoms with Crippen LogP contribution in [0.4, 0.5) is 0 Å². The first-order valence-corrected chi connectivity index (χ1v) is 9.15. The molecule has 0 aromatic carbocycles. The van der Waals surface area contributed by atoms with Crippen LogP contribution in [-0.4, -0.2) is 32.5 Å². The fourth-order valence-electron chi connectivity index (χ4n) is 3.11. The van der Waals surface area contributed by atoms with E-state index in [-0.39, 0.29) is 11.9 Å². The zero-order valence-corrected chi connectivity index (χ0v) is 14.7. The second kappa shape index (κ2) is 6.76. The molecule has 7 heteroatoms. The molecule has 0 unspecified atom stereocenters. The normalized spacial score (nSPS) is 17.6. The van der Waals surface area contributed by atoms with Gasteiger partial charge in [-0.05, 0) is 50.5 Å². The summed E-state index contributed by atoms with van der Waals surface area (Å²) in [7, 11) is 0. The summed E-state index contributed by atoms with van der Waals surface area (Å²) in [6.45, 7) is 2.72. The van der Waals surface area contributed by atoms with Gasteiger partial charge in [0.15, 0.2) is 0 Å². The molecule has 3 aromatic heterocycles. The van der Waals surface area contributed by atoms with E-state index in [1.165, 1.54) is 11.3 Å². The number of piperidine rings is 1. The molecule has 4 heterocycles. The molecule has 0 aliphatic carbocycles. The second-order valence-corrected chi connectivity index (χ2v) is 7.41. The number of aryl methyl sites for hydroxylation is 1. The average Bonchev–Trinajstić information content (AvgIpc) is 3.31. The van der Waals surface area contributed by atoms with Gasteiger partial charge in [0.05, 0.1) is 4.88 Å². The van der Waals surface area contributed by atoms with Crippen molar-refractivity contribution < 1.29 is 9.32 Å². The Balaban J connectivity index is 1.61. The molecule has 1 amide bonds. The van der Waals surface area contributed by atoms with Gasteiger partial charge in [-0.25, -0.2) is 0 Å². The summed E-state index contributed by atoms with van der Waals surface area (Å²) in [5.74, 6) is 1.05. The Morgan fingerprint density at radius 1 is 1.32 bits per heavy atom.